The van der Waals surface area contributed by atoms with Gasteiger partial charge >= 0.3 is 0 Å². The van der Waals surface area contributed by atoms with E-state index in [2.05, 4.69) is 6.07 Å². The van der Waals surface area contributed by atoms with Crippen LogP contribution < -0.4 is 9.88 Å². The van der Waals surface area contributed by atoms with E-state index < -0.39 is 15.4 Å². The zero-order chi connectivity index (χ0) is 15.4. The summed E-state index contributed by atoms with van der Waals surface area (Å²) in [7, 11) is -3.51. The smallest absolute Gasteiger partial charge is 0.209 e. The molecule has 0 atom stereocenters. The average Bonchev–Trinajstić information content (AvgIpc) is 2.35. The summed E-state index contributed by atoms with van der Waals surface area (Å²) in [5, 5.41) is 5.21. The molecule has 2 N–H and O–H groups in total. The maximum atomic E-state index is 11.4. The molecule has 4 nitrogen and oxygen atoms in total. The third-order valence-corrected chi connectivity index (χ3v) is 4.89. The van der Waals surface area contributed by atoms with Crippen LogP contribution in [-0.2, 0) is 10.0 Å². The summed E-state index contributed by atoms with van der Waals surface area (Å²) in [5.41, 5.74) is 1.81. The second kappa shape index (κ2) is 6.59. The number of rotatable bonds is 7. The van der Waals surface area contributed by atoms with Crippen molar-refractivity contribution in [3.05, 3.63) is 29.3 Å². The van der Waals surface area contributed by atoms with Gasteiger partial charge in [-0.2, -0.15) is 0 Å². The summed E-state index contributed by atoms with van der Waals surface area (Å²) in [6, 6.07) is 5.97. The van der Waals surface area contributed by atoms with Crippen molar-refractivity contribution in [1.82, 2.24) is 0 Å². The first-order chi connectivity index (χ1) is 9.21. The molecule has 0 unspecified atom stereocenters. The lowest BCUT2D eigenvalue weighted by Gasteiger charge is -2.30. The molecule has 0 radical (unpaired) electrons. The Morgan fingerprint density at radius 1 is 1.20 bits per heavy atom. The highest BCUT2D eigenvalue weighted by Crippen LogP contribution is 2.30. The van der Waals surface area contributed by atoms with Crippen molar-refractivity contribution in [2.75, 3.05) is 12.4 Å². The molecule has 0 aromatic heterocycles. The minimum absolute atomic E-state index is 0.0437. The molecule has 5 heteroatoms. The molecule has 1 rings (SSSR count). The van der Waals surface area contributed by atoms with E-state index in [0.29, 0.717) is 19.4 Å². The van der Waals surface area contributed by atoms with Crippen LogP contribution in [-0.4, -0.2) is 20.8 Å². The number of aryl methyl sites for hydroxylation is 2. The third kappa shape index (κ3) is 4.80. The molecule has 0 saturated heterocycles. The zero-order valence-electron chi connectivity index (χ0n) is 12.8. The number of benzene rings is 1. The highest BCUT2D eigenvalue weighted by molar-refractivity contribution is 7.89. The van der Waals surface area contributed by atoms with Crippen LogP contribution in [0.15, 0.2) is 18.2 Å². The van der Waals surface area contributed by atoms with Gasteiger partial charge in [-0.05, 0) is 38.3 Å². The van der Waals surface area contributed by atoms with Crippen LogP contribution >= 0.6 is 0 Å². The van der Waals surface area contributed by atoms with Crippen LogP contribution in [0, 0.1) is 19.3 Å². The Bertz CT molecular complexity index is 548. The third-order valence-electron chi connectivity index (χ3n) is 3.87. The average molecular weight is 299 g/mol. The summed E-state index contributed by atoms with van der Waals surface area (Å²) in [6.07, 6.45) is 1.43. The molecule has 1 aromatic rings. The van der Waals surface area contributed by atoms with Gasteiger partial charge in [0.1, 0.15) is 5.75 Å². The standard InChI is InChI=1S/C15H25NO3S/c1-5-15(6-2,11-20(16,17)18)10-19-14-8-7-12(3)9-13(14)4/h7-9H,5-6,10-11H2,1-4H3,(H2,16,17,18). The van der Waals surface area contributed by atoms with Crippen molar-refractivity contribution >= 4 is 10.0 Å². The highest BCUT2D eigenvalue weighted by Gasteiger charge is 2.32. The van der Waals surface area contributed by atoms with Crippen LogP contribution in [0.25, 0.3) is 0 Å². The Kier molecular flexibility index (Phi) is 5.59. The van der Waals surface area contributed by atoms with Gasteiger partial charge in [0, 0.05) is 5.41 Å². The molecule has 1 aromatic carbocycles. The van der Waals surface area contributed by atoms with Crippen LogP contribution in [0.3, 0.4) is 0 Å². The molecule has 0 aliphatic heterocycles. The van der Waals surface area contributed by atoms with E-state index >= 15 is 0 Å². The Balaban J connectivity index is 2.86. The van der Waals surface area contributed by atoms with Gasteiger partial charge in [0.15, 0.2) is 0 Å². The van der Waals surface area contributed by atoms with Crippen molar-refractivity contribution in [3.8, 4) is 5.75 Å². The summed E-state index contributed by atoms with van der Waals surface area (Å²) in [4.78, 5) is 0. The first-order valence-corrected chi connectivity index (χ1v) is 8.63. The van der Waals surface area contributed by atoms with Gasteiger partial charge in [-0.15, -0.1) is 0 Å². The van der Waals surface area contributed by atoms with Crippen molar-refractivity contribution < 1.29 is 13.2 Å². The van der Waals surface area contributed by atoms with E-state index in [4.69, 9.17) is 9.88 Å². The number of nitrogens with two attached hydrogens (primary N) is 1. The Morgan fingerprint density at radius 2 is 1.80 bits per heavy atom. The summed E-state index contributed by atoms with van der Waals surface area (Å²) < 4.78 is 28.7. The quantitative estimate of drug-likeness (QED) is 0.841. The number of primary sulfonamides is 1. The molecule has 0 heterocycles. The number of ether oxygens (including phenoxy) is 1. The van der Waals surface area contributed by atoms with Gasteiger partial charge in [0.05, 0.1) is 12.4 Å². The molecule has 0 aliphatic carbocycles. The normalized spacial score (nSPS) is 12.4. The largest absolute Gasteiger partial charge is 0.493 e. The van der Waals surface area contributed by atoms with Gasteiger partial charge in [-0.1, -0.05) is 31.5 Å². The topological polar surface area (TPSA) is 69.4 Å². The second-order valence-electron chi connectivity index (χ2n) is 5.57. The fourth-order valence-corrected chi connectivity index (χ4v) is 3.66. The zero-order valence-corrected chi connectivity index (χ0v) is 13.6. The van der Waals surface area contributed by atoms with E-state index in [0.717, 1.165) is 11.3 Å². The van der Waals surface area contributed by atoms with E-state index in [9.17, 15) is 8.42 Å². The monoisotopic (exact) mass is 299 g/mol. The van der Waals surface area contributed by atoms with Gasteiger partial charge in [-0.3, -0.25) is 0 Å². The molecule has 114 valence electrons. The summed E-state index contributed by atoms with van der Waals surface area (Å²) in [5.74, 6) is 0.758. The summed E-state index contributed by atoms with van der Waals surface area (Å²) >= 11 is 0. The van der Waals surface area contributed by atoms with Gasteiger partial charge in [0.2, 0.25) is 10.0 Å². The fourth-order valence-electron chi connectivity index (χ4n) is 2.32. The fraction of sp³-hybridized carbons (Fsp3) is 0.600. The first kappa shape index (κ1) is 17.0. The predicted molar refractivity (Wildman–Crippen MR) is 82.4 cm³/mol. The van der Waals surface area contributed by atoms with Crippen LogP contribution in [0.2, 0.25) is 0 Å². The minimum Gasteiger partial charge on any atom is -0.493 e. The van der Waals surface area contributed by atoms with Gasteiger partial charge in [-0.25, -0.2) is 13.6 Å². The van der Waals surface area contributed by atoms with E-state index in [1.807, 2.05) is 39.8 Å². The van der Waals surface area contributed by atoms with E-state index in [1.54, 1.807) is 0 Å². The van der Waals surface area contributed by atoms with Crippen LogP contribution in [0.5, 0.6) is 5.75 Å². The van der Waals surface area contributed by atoms with Gasteiger partial charge < -0.3 is 4.74 Å². The van der Waals surface area contributed by atoms with Crippen molar-refractivity contribution in [2.24, 2.45) is 10.6 Å². The highest BCUT2D eigenvalue weighted by atomic mass is 32.2. The number of hydrogen-bond acceptors (Lipinski definition) is 3. The molecule has 0 aliphatic rings. The van der Waals surface area contributed by atoms with Crippen molar-refractivity contribution in [1.29, 1.82) is 0 Å². The molecule has 0 spiro atoms. The lowest BCUT2D eigenvalue weighted by atomic mass is 9.85. The molecule has 0 bridgehead atoms. The Hall–Kier alpha value is -1.07. The first-order valence-electron chi connectivity index (χ1n) is 6.92. The maximum absolute atomic E-state index is 11.4. The Labute approximate surface area is 122 Å². The minimum atomic E-state index is -3.51. The van der Waals surface area contributed by atoms with E-state index in [1.165, 1.54) is 5.56 Å². The van der Waals surface area contributed by atoms with Crippen LogP contribution in [0.4, 0.5) is 0 Å². The lowest BCUT2D eigenvalue weighted by molar-refractivity contribution is 0.154. The van der Waals surface area contributed by atoms with Gasteiger partial charge in [0.25, 0.3) is 0 Å². The maximum Gasteiger partial charge on any atom is 0.209 e. The summed E-state index contributed by atoms with van der Waals surface area (Å²) in [6.45, 7) is 8.32. The molecular formula is C15H25NO3S. The number of hydrogen-bond donors (Lipinski definition) is 1. The van der Waals surface area contributed by atoms with E-state index in [-0.39, 0.29) is 5.75 Å². The molecule has 20 heavy (non-hydrogen) atoms. The van der Waals surface area contributed by atoms with Crippen molar-refractivity contribution in [2.45, 2.75) is 40.5 Å². The molecule has 0 fully saturated rings. The van der Waals surface area contributed by atoms with Crippen molar-refractivity contribution in [3.63, 3.8) is 0 Å². The Morgan fingerprint density at radius 3 is 2.25 bits per heavy atom. The lowest BCUT2D eigenvalue weighted by Crippen LogP contribution is -2.37. The number of sulfonamides is 1. The second-order valence-corrected chi connectivity index (χ2v) is 7.19. The predicted octanol–water partition coefficient (Wildman–Crippen LogP) is 2.78. The van der Waals surface area contributed by atoms with Crippen LogP contribution in [0.1, 0.15) is 37.8 Å². The molecule has 0 amide bonds. The SMILES string of the molecule is CCC(CC)(COc1ccc(C)cc1C)CS(N)(=O)=O. The molecule has 0 saturated carbocycles. The molecular weight excluding hydrogens is 274 g/mol.